The molecule has 1 aromatic carbocycles. The number of nitrogens with one attached hydrogen (secondary N) is 1. The quantitative estimate of drug-likeness (QED) is 0.366. The van der Waals surface area contributed by atoms with Crippen LogP contribution in [0.1, 0.15) is 53.2 Å². The van der Waals surface area contributed by atoms with Crippen LogP contribution in [0.3, 0.4) is 0 Å². The third-order valence-electron chi connectivity index (χ3n) is 5.75. The van der Waals surface area contributed by atoms with Gasteiger partial charge < -0.3 is 10.4 Å². The fraction of sp³-hybridized carbons (Fsp3) is 0.250. The van der Waals surface area contributed by atoms with Crippen LogP contribution in [-0.4, -0.2) is 40.8 Å². The Morgan fingerprint density at radius 3 is 2.47 bits per heavy atom. The van der Waals surface area contributed by atoms with Gasteiger partial charge in [-0.05, 0) is 32.0 Å². The van der Waals surface area contributed by atoms with Crippen LogP contribution in [0.4, 0.5) is 17.6 Å². The van der Waals surface area contributed by atoms with Gasteiger partial charge in [-0.25, -0.2) is 9.07 Å². The largest absolute Gasteiger partial charge is 0.419 e. The van der Waals surface area contributed by atoms with Crippen LogP contribution >= 0.6 is 0 Å². The van der Waals surface area contributed by atoms with E-state index in [1.807, 2.05) is 0 Å². The lowest BCUT2D eigenvalue weighted by atomic mass is 10.0. The molecule has 0 saturated heterocycles. The van der Waals surface area contributed by atoms with E-state index in [1.165, 1.54) is 37.1 Å². The lowest BCUT2D eigenvalue weighted by Gasteiger charge is -2.18. The van der Waals surface area contributed by atoms with E-state index in [4.69, 9.17) is 0 Å². The van der Waals surface area contributed by atoms with Gasteiger partial charge in [0.1, 0.15) is 11.5 Å². The first-order valence-corrected chi connectivity index (χ1v) is 11.2. The van der Waals surface area contributed by atoms with Crippen molar-refractivity contribution in [1.82, 2.24) is 35.1 Å². The normalized spacial score (nSPS) is 13.3. The average molecular weight is 531 g/mol. The van der Waals surface area contributed by atoms with Gasteiger partial charge in [-0.3, -0.25) is 14.6 Å². The predicted octanol–water partition coefficient (Wildman–Crippen LogP) is 3.13. The first kappa shape index (κ1) is 26.6. The summed E-state index contributed by atoms with van der Waals surface area (Å²) in [6, 6.07) is 4.18. The number of rotatable bonds is 6. The zero-order chi connectivity index (χ0) is 27.8. The van der Waals surface area contributed by atoms with Gasteiger partial charge in [0.25, 0.3) is 11.5 Å². The topological polar surface area (TPSA) is 128 Å². The van der Waals surface area contributed by atoms with E-state index in [1.54, 1.807) is 13.1 Å². The number of aromatic nitrogens is 6. The van der Waals surface area contributed by atoms with Crippen molar-refractivity contribution in [2.75, 3.05) is 0 Å². The molecule has 38 heavy (non-hydrogen) atoms. The molecule has 0 bridgehead atoms. The summed E-state index contributed by atoms with van der Waals surface area (Å²) in [4.78, 5) is 30.2. The van der Waals surface area contributed by atoms with E-state index in [-0.39, 0.29) is 22.5 Å². The molecule has 0 saturated carbocycles. The SMILES string of the molecule is C[C@@H](O)c1cc(C(=O)N[C@H](C)c2cccc(C(F)(F)F)c2F)nn(-c2cncc(-c3cnnn3C)c2)c1=O. The Morgan fingerprint density at radius 2 is 1.84 bits per heavy atom. The van der Waals surface area contributed by atoms with Crippen molar-refractivity contribution < 1.29 is 27.5 Å². The monoisotopic (exact) mass is 531 g/mol. The second-order valence-electron chi connectivity index (χ2n) is 8.45. The van der Waals surface area contributed by atoms with Crippen LogP contribution < -0.4 is 10.9 Å². The number of aliphatic hydroxyl groups excluding tert-OH is 1. The molecule has 0 aliphatic rings. The summed E-state index contributed by atoms with van der Waals surface area (Å²) in [5.74, 6) is -2.42. The number of carbonyl (C=O) groups excluding carboxylic acids is 1. The third-order valence-corrected chi connectivity index (χ3v) is 5.75. The van der Waals surface area contributed by atoms with Gasteiger partial charge in [-0.15, -0.1) is 5.10 Å². The van der Waals surface area contributed by atoms with Crippen molar-refractivity contribution in [3.63, 3.8) is 0 Å². The highest BCUT2D eigenvalue weighted by molar-refractivity contribution is 5.92. The number of aliphatic hydroxyl groups is 1. The maximum absolute atomic E-state index is 14.6. The van der Waals surface area contributed by atoms with Crippen molar-refractivity contribution in [3.05, 3.63) is 87.5 Å². The van der Waals surface area contributed by atoms with Crippen LogP contribution in [0.15, 0.2) is 53.7 Å². The summed E-state index contributed by atoms with van der Waals surface area (Å²) in [5, 5.41) is 24.3. The summed E-state index contributed by atoms with van der Waals surface area (Å²) in [6.45, 7) is 2.62. The van der Waals surface area contributed by atoms with Gasteiger partial charge in [-0.1, -0.05) is 17.3 Å². The molecule has 3 heterocycles. The van der Waals surface area contributed by atoms with E-state index in [9.17, 15) is 32.3 Å². The molecule has 0 fully saturated rings. The van der Waals surface area contributed by atoms with Crippen molar-refractivity contribution in [2.24, 2.45) is 7.05 Å². The third kappa shape index (κ3) is 5.16. The number of pyridine rings is 1. The molecule has 0 aliphatic heterocycles. The molecule has 2 N–H and O–H groups in total. The summed E-state index contributed by atoms with van der Waals surface area (Å²) in [5.41, 5.74) is -1.82. The van der Waals surface area contributed by atoms with Crippen molar-refractivity contribution in [3.8, 4) is 16.9 Å². The number of alkyl halides is 3. The molecule has 10 nitrogen and oxygen atoms in total. The van der Waals surface area contributed by atoms with E-state index in [0.29, 0.717) is 17.3 Å². The number of benzene rings is 1. The highest BCUT2D eigenvalue weighted by Gasteiger charge is 2.35. The van der Waals surface area contributed by atoms with Gasteiger partial charge >= 0.3 is 6.18 Å². The van der Waals surface area contributed by atoms with Crippen LogP contribution in [-0.2, 0) is 13.2 Å². The second-order valence-corrected chi connectivity index (χ2v) is 8.45. The molecule has 2 atom stereocenters. The highest BCUT2D eigenvalue weighted by Crippen LogP contribution is 2.34. The summed E-state index contributed by atoms with van der Waals surface area (Å²) >= 11 is 0. The van der Waals surface area contributed by atoms with Gasteiger partial charge in [-0.2, -0.15) is 23.0 Å². The molecule has 1 amide bonds. The maximum atomic E-state index is 14.6. The Morgan fingerprint density at radius 1 is 1.11 bits per heavy atom. The van der Waals surface area contributed by atoms with Crippen molar-refractivity contribution >= 4 is 5.91 Å². The first-order chi connectivity index (χ1) is 17.9. The minimum Gasteiger partial charge on any atom is -0.388 e. The highest BCUT2D eigenvalue weighted by atomic mass is 19.4. The minimum atomic E-state index is -4.92. The van der Waals surface area contributed by atoms with Crippen molar-refractivity contribution in [2.45, 2.75) is 32.2 Å². The molecule has 0 spiro atoms. The molecule has 0 aliphatic carbocycles. The molecule has 0 radical (unpaired) electrons. The van der Waals surface area contributed by atoms with E-state index >= 15 is 0 Å². The summed E-state index contributed by atoms with van der Waals surface area (Å²) < 4.78 is 56.3. The summed E-state index contributed by atoms with van der Waals surface area (Å²) in [7, 11) is 1.66. The molecular weight excluding hydrogens is 510 g/mol. The Kier molecular flexibility index (Phi) is 7.09. The minimum absolute atomic E-state index is 0.155. The molecule has 198 valence electrons. The Labute approximate surface area is 212 Å². The maximum Gasteiger partial charge on any atom is 0.419 e. The molecule has 4 rings (SSSR count). The van der Waals surface area contributed by atoms with E-state index < -0.39 is 41.2 Å². The standard InChI is InChI=1S/C24H21F4N7O3/c1-12(16-5-4-6-18(21(16)25)24(26,27)28)31-22(37)19-8-17(13(2)36)23(38)35(32-19)15-7-14(9-29-10-15)20-11-30-33-34(20)3/h4-13,36H,1-3H3,(H,31,37)/t12-,13-/m1/s1. The summed E-state index contributed by atoms with van der Waals surface area (Å²) in [6.07, 6.45) is -1.91. The van der Waals surface area contributed by atoms with Crippen molar-refractivity contribution in [1.29, 1.82) is 0 Å². The molecule has 4 aromatic rings. The zero-order valence-electron chi connectivity index (χ0n) is 20.2. The molecule has 14 heteroatoms. The smallest absolute Gasteiger partial charge is 0.388 e. The fourth-order valence-electron chi connectivity index (χ4n) is 3.78. The fourth-order valence-corrected chi connectivity index (χ4v) is 3.78. The Hall–Kier alpha value is -4.46. The van der Waals surface area contributed by atoms with Gasteiger partial charge in [0.15, 0.2) is 0 Å². The van der Waals surface area contributed by atoms with Gasteiger partial charge in [0, 0.05) is 29.9 Å². The van der Waals surface area contributed by atoms with E-state index in [2.05, 4.69) is 25.7 Å². The lowest BCUT2D eigenvalue weighted by molar-refractivity contribution is -0.140. The number of aryl methyl sites for hydroxylation is 1. The molecule has 3 aromatic heterocycles. The van der Waals surface area contributed by atoms with Crippen LogP contribution in [0.2, 0.25) is 0 Å². The number of halogens is 4. The number of hydrogen-bond donors (Lipinski definition) is 2. The number of carbonyl (C=O) groups is 1. The Bertz CT molecular complexity index is 1560. The number of hydrogen-bond acceptors (Lipinski definition) is 7. The number of amides is 1. The predicted molar refractivity (Wildman–Crippen MR) is 126 cm³/mol. The van der Waals surface area contributed by atoms with Crippen LogP contribution in [0, 0.1) is 5.82 Å². The van der Waals surface area contributed by atoms with Gasteiger partial charge in [0.05, 0.1) is 41.5 Å². The van der Waals surface area contributed by atoms with Crippen LogP contribution in [0.25, 0.3) is 16.9 Å². The first-order valence-electron chi connectivity index (χ1n) is 11.2. The lowest BCUT2D eigenvalue weighted by Crippen LogP contribution is -2.33. The second kappa shape index (κ2) is 10.1. The number of nitrogens with zero attached hydrogens (tertiary/aromatic N) is 6. The zero-order valence-corrected chi connectivity index (χ0v) is 20.2. The van der Waals surface area contributed by atoms with Crippen LogP contribution in [0.5, 0.6) is 0 Å². The average Bonchev–Trinajstić information content (AvgIpc) is 3.29. The van der Waals surface area contributed by atoms with E-state index in [0.717, 1.165) is 22.9 Å². The molecule has 0 unspecified atom stereocenters. The van der Waals surface area contributed by atoms with Gasteiger partial charge in [0.2, 0.25) is 0 Å². The Balaban J connectivity index is 1.73. The molecular formula is C24H21F4N7O3.